The van der Waals surface area contributed by atoms with Crippen molar-refractivity contribution < 1.29 is 0 Å². The predicted molar refractivity (Wildman–Crippen MR) is 56.9 cm³/mol. The van der Waals surface area contributed by atoms with Gasteiger partial charge in [0.1, 0.15) is 0 Å². The van der Waals surface area contributed by atoms with E-state index in [1.165, 1.54) is 12.0 Å². The molecule has 0 aromatic heterocycles. The lowest BCUT2D eigenvalue weighted by Gasteiger charge is -2.06. The lowest BCUT2D eigenvalue weighted by Crippen LogP contribution is -1.92. The van der Waals surface area contributed by atoms with E-state index in [4.69, 9.17) is 0 Å². The zero-order valence-corrected chi connectivity index (χ0v) is 8.64. The fraction of sp³-hybridized carbons (Fsp3) is 0.583. The van der Waals surface area contributed by atoms with Crippen LogP contribution in [0.1, 0.15) is 40.0 Å². The van der Waals surface area contributed by atoms with Crippen molar-refractivity contribution in [1.29, 1.82) is 0 Å². The molecular formula is C12H21. The standard InChI is InChI=1S/C12H21/c1-5-6-7-8-9-12(4)10-11(2)3/h6-8,12H,2,5,9-10H2,1,3-4H3. The van der Waals surface area contributed by atoms with Crippen LogP contribution in [0.3, 0.4) is 0 Å². The minimum absolute atomic E-state index is 0.740. The zero-order chi connectivity index (χ0) is 9.40. The molecule has 1 atom stereocenters. The first-order valence-electron chi connectivity index (χ1n) is 4.79. The average molecular weight is 165 g/mol. The van der Waals surface area contributed by atoms with Crippen LogP contribution in [0.4, 0.5) is 0 Å². The Morgan fingerprint density at radius 1 is 1.50 bits per heavy atom. The SMILES string of the molecule is C=C(C)CC(C)CC=C[CH]CC. The molecule has 0 aromatic rings. The minimum Gasteiger partial charge on any atom is -0.100 e. The number of rotatable bonds is 6. The Labute approximate surface area is 77.4 Å². The summed E-state index contributed by atoms with van der Waals surface area (Å²) in [7, 11) is 0. The molecule has 0 fully saturated rings. The highest BCUT2D eigenvalue weighted by Gasteiger charge is 1.98. The van der Waals surface area contributed by atoms with Crippen LogP contribution in [0.25, 0.3) is 0 Å². The van der Waals surface area contributed by atoms with Gasteiger partial charge >= 0.3 is 0 Å². The number of unbranched alkanes of at least 4 members (excludes halogenated alkanes) is 1. The molecule has 12 heavy (non-hydrogen) atoms. The molecule has 0 spiro atoms. The van der Waals surface area contributed by atoms with Crippen LogP contribution in [-0.4, -0.2) is 0 Å². The lowest BCUT2D eigenvalue weighted by atomic mass is 9.99. The van der Waals surface area contributed by atoms with Crippen molar-refractivity contribution in [3.8, 4) is 0 Å². The fourth-order valence-corrected chi connectivity index (χ4v) is 1.22. The van der Waals surface area contributed by atoms with Gasteiger partial charge in [-0.1, -0.05) is 31.6 Å². The Morgan fingerprint density at radius 3 is 2.67 bits per heavy atom. The highest BCUT2D eigenvalue weighted by molar-refractivity contribution is 4.96. The summed E-state index contributed by atoms with van der Waals surface area (Å²) < 4.78 is 0. The van der Waals surface area contributed by atoms with Gasteiger partial charge in [-0.05, 0) is 38.5 Å². The van der Waals surface area contributed by atoms with Gasteiger partial charge in [0.25, 0.3) is 0 Å². The zero-order valence-electron chi connectivity index (χ0n) is 8.64. The monoisotopic (exact) mass is 165 g/mol. The van der Waals surface area contributed by atoms with E-state index in [0.717, 1.165) is 18.8 Å². The van der Waals surface area contributed by atoms with E-state index in [2.05, 4.69) is 45.9 Å². The van der Waals surface area contributed by atoms with Crippen molar-refractivity contribution in [2.75, 3.05) is 0 Å². The topological polar surface area (TPSA) is 0 Å². The third-order valence-electron chi connectivity index (χ3n) is 1.74. The maximum Gasteiger partial charge on any atom is -0.0173 e. The van der Waals surface area contributed by atoms with Gasteiger partial charge in [-0.15, -0.1) is 6.58 Å². The Bertz CT molecular complexity index is 142. The molecule has 0 heteroatoms. The summed E-state index contributed by atoms with van der Waals surface area (Å²) in [5, 5.41) is 0. The molecule has 0 heterocycles. The first kappa shape index (κ1) is 11.5. The summed E-state index contributed by atoms with van der Waals surface area (Å²) in [6.45, 7) is 10.4. The molecule has 0 saturated carbocycles. The van der Waals surface area contributed by atoms with Crippen LogP contribution in [0, 0.1) is 12.3 Å². The van der Waals surface area contributed by atoms with Crippen molar-refractivity contribution in [3.05, 3.63) is 30.7 Å². The van der Waals surface area contributed by atoms with Crippen LogP contribution >= 0.6 is 0 Å². The molecule has 1 unspecified atom stereocenters. The summed E-state index contributed by atoms with van der Waals surface area (Å²) in [5.41, 5.74) is 1.29. The van der Waals surface area contributed by atoms with Crippen molar-refractivity contribution >= 4 is 0 Å². The summed E-state index contributed by atoms with van der Waals surface area (Å²) in [6, 6.07) is 0. The van der Waals surface area contributed by atoms with Crippen LogP contribution in [-0.2, 0) is 0 Å². The van der Waals surface area contributed by atoms with E-state index >= 15 is 0 Å². The van der Waals surface area contributed by atoms with E-state index < -0.39 is 0 Å². The highest BCUT2D eigenvalue weighted by atomic mass is 14.0. The van der Waals surface area contributed by atoms with Gasteiger partial charge in [-0.3, -0.25) is 0 Å². The summed E-state index contributed by atoms with van der Waals surface area (Å²) >= 11 is 0. The molecule has 0 amide bonds. The Balaban J connectivity index is 3.42. The van der Waals surface area contributed by atoms with E-state index in [9.17, 15) is 0 Å². The Kier molecular flexibility index (Phi) is 6.84. The highest BCUT2D eigenvalue weighted by Crippen LogP contribution is 2.13. The molecular weight excluding hydrogens is 144 g/mol. The first-order valence-corrected chi connectivity index (χ1v) is 4.79. The summed E-state index contributed by atoms with van der Waals surface area (Å²) in [6.07, 6.45) is 10.0. The molecule has 1 radical (unpaired) electrons. The largest absolute Gasteiger partial charge is 0.100 e. The van der Waals surface area contributed by atoms with Crippen LogP contribution in [0.15, 0.2) is 24.3 Å². The molecule has 0 bridgehead atoms. The molecule has 0 N–H and O–H groups in total. The van der Waals surface area contributed by atoms with Crippen LogP contribution in [0.5, 0.6) is 0 Å². The lowest BCUT2D eigenvalue weighted by molar-refractivity contribution is 0.587. The fourth-order valence-electron chi connectivity index (χ4n) is 1.22. The van der Waals surface area contributed by atoms with E-state index in [1.807, 2.05) is 0 Å². The molecule has 0 rings (SSSR count). The van der Waals surface area contributed by atoms with Gasteiger partial charge in [0, 0.05) is 0 Å². The number of hydrogen-bond acceptors (Lipinski definition) is 0. The molecule has 0 aromatic carbocycles. The van der Waals surface area contributed by atoms with Crippen molar-refractivity contribution in [1.82, 2.24) is 0 Å². The number of allylic oxidation sites excluding steroid dienone is 3. The second-order valence-electron chi connectivity index (χ2n) is 3.57. The van der Waals surface area contributed by atoms with Gasteiger partial charge in [0.05, 0.1) is 0 Å². The molecule has 0 saturated heterocycles. The van der Waals surface area contributed by atoms with Gasteiger partial charge < -0.3 is 0 Å². The van der Waals surface area contributed by atoms with Crippen molar-refractivity contribution in [2.45, 2.75) is 40.0 Å². The van der Waals surface area contributed by atoms with Crippen LogP contribution < -0.4 is 0 Å². The van der Waals surface area contributed by atoms with Crippen molar-refractivity contribution in [2.24, 2.45) is 5.92 Å². The van der Waals surface area contributed by atoms with Crippen molar-refractivity contribution in [3.63, 3.8) is 0 Å². The maximum absolute atomic E-state index is 3.91. The number of hydrogen-bond donors (Lipinski definition) is 0. The minimum atomic E-state index is 0.740. The third-order valence-corrected chi connectivity index (χ3v) is 1.74. The van der Waals surface area contributed by atoms with Crippen LogP contribution in [0.2, 0.25) is 0 Å². The van der Waals surface area contributed by atoms with Gasteiger partial charge in [-0.2, -0.15) is 0 Å². The third kappa shape index (κ3) is 7.59. The Hall–Kier alpha value is -0.520. The summed E-state index contributed by atoms with van der Waals surface area (Å²) in [4.78, 5) is 0. The molecule has 69 valence electrons. The first-order chi connectivity index (χ1) is 5.66. The normalized spacial score (nSPS) is 13.6. The van der Waals surface area contributed by atoms with Gasteiger partial charge in [-0.25, -0.2) is 0 Å². The second-order valence-corrected chi connectivity index (χ2v) is 3.57. The molecule has 0 aliphatic heterocycles. The van der Waals surface area contributed by atoms with Gasteiger partial charge in [0.15, 0.2) is 0 Å². The summed E-state index contributed by atoms with van der Waals surface area (Å²) in [5.74, 6) is 0.740. The molecule has 0 aliphatic carbocycles. The molecule has 0 aliphatic rings. The maximum atomic E-state index is 3.91. The predicted octanol–water partition coefficient (Wildman–Crippen LogP) is 4.15. The molecule has 0 nitrogen and oxygen atoms in total. The Morgan fingerprint density at radius 2 is 2.17 bits per heavy atom. The quantitative estimate of drug-likeness (QED) is 0.519. The average Bonchev–Trinajstić information content (AvgIpc) is 1.97. The smallest absolute Gasteiger partial charge is 0.0173 e. The second kappa shape index (κ2) is 7.15. The van der Waals surface area contributed by atoms with E-state index in [-0.39, 0.29) is 0 Å². The van der Waals surface area contributed by atoms with Gasteiger partial charge in [0.2, 0.25) is 0 Å². The van der Waals surface area contributed by atoms with E-state index in [1.54, 1.807) is 0 Å². The van der Waals surface area contributed by atoms with E-state index in [0.29, 0.717) is 0 Å².